The van der Waals surface area contributed by atoms with E-state index in [1.165, 1.54) is 10.4 Å². The molecule has 1 aromatic carbocycles. The van der Waals surface area contributed by atoms with E-state index >= 15 is 0 Å². The zero-order valence-corrected chi connectivity index (χ0v) is 11.8. The molecule has 0 radical (unpaired) electrons. The summed E-state index contributed by atoms with van der Waals surface area (Å²) in [5, 5.41) is 3.51. The Morgan fingerprint density at radius 2 is 2.28 bits per heavy atom. The van der Waals surface area contributed by atoms with E-state index in [4.69, 9.17) is 4.74 Å². The molecule has 0 fully saturated rings. The number of hydrogen-bond acceptors (Lipinski definition) is 4. The monoisotopic (exact) mass is 262 g/mol. The fraction of sp³-hybridized carbons (Fsp3) is 0.357. The maximum Gasteiger partial charge on any atom is 0.119 e. The van der Waals surface area contributed by atoms with Crippen LogP contribution in [0, 0.1) is 6.92 Å². The normalized spacial score (nSPS) is 12.4. The molecule has 0 aliphatic rings. The SMILES string of the molecule is COc1cccc(C(C)NCc2scnc2C)c1. The van der Waals surface area contributed by atoms with E-state index in [0.29, 0.717) is 6.04 Å². The molecule has 18 heavy (non-hydrogen) atoms. The van der Waals surface area contributed by atoms with Gasteiger partial charge in [0.15, 0.2) is 0 Å². The van der Waals surface area contributed by atoms with Gasteiger partial charge >= 0.3 is 0 Å². The van der Waals surface area contributed by atoms with Crippen molar-refractivity contribution in [2.45, 2.75) is 26.4 Å². The lowest BCUT2D eigenvalue weighted by Gasteiger charge is -2.14. The van der Waals surface area contributed by atoms with Crippen LogP contribution in [0.5, 0.6) is 5.75 Å². The van der Waals surface area contributed by atoms with Crippen LogP contribution in [0.2, 0.25) is 0 Å². The van der Waals surface area contributed by atoms with Crippen molar-refractivity contribution in [2.75, 3.05) is 7.11 Å². The molecule has 1 N–H and O–H groups in total. The first-order chi connectivity index (χ1) is 8.70. The minimum Gasteiger partial charge on any atom is -0.497 e. The van der Waals surface area contributed by atoms with Gasteiger partial charge in [-0.1, -0.05) is 12.1 Å². The summed E-state index contributed by atoms with van der Waals surface area (Å²) in [6, 6.07) is 8.45. The number of aryl methyl sites for hydroxylation is 1. The van der Waals surface area contributed by atoms with Crippen LogP contribution >= 0.6 is 11.3 Å². The largest absolute Gasteiger partial charge is 0.497 e. The van der Waals surface area contributed by atoms with Crippen LogP contribution in [0.3, 0.4) is 0 Å². The summed E-state index contributed by atoms with van der Waals surface area (Å²) < 4.78 is 5.24. The number of nitrogens with zero attached hydrogens (tertiary/aromatic N) is 1. The quantitative estimate of drug-likeness (QED) is 0.897. The number of methoxy groups -OCH3 is 1. The number of aromatic nitrogens is 1. The highest BCUT2D eigenvalue weighted by Gasteiger charge is 2.07. The minimum absolute atomic E-state index is 0.293. The van der Waals surface area contributed by atoms with Gasteiger partial charge in [-0.05, 0) is 31.5 Å². The first kappa shape index (κ1) is 13.1. The molecule has 0 saturated heterocycles. The van der Waals surface area contributed by atoms with Crippen molar-refractivity contribution >= 4 is 11.3 Å². The third kappa shape index (κ3) is 3.09. The zero-order valence-electron chi connectivity index (χ0n) is 10.9. The topological polar surface area (TPSA) is 34.1 Å². The Labute approximate surface area is 112 Å². The first-order valence-electron chi connectivity index (χ1n) is 5.97. The van der Waals surface area contributed by atoms with Crippen LogP contribution in [0.15, 0.2) is 29.8 Å². The van der Waals surface area contributed by atoms with Crippen LogP contribution in [-0.4, -0.2) is 12.1 Å². The Kier molecular flexibility index (Phi) is 4.33. The summed E-state index contributed by atoms with van der Waals surface area (Å²) in [5.74, 6) is 0.898. The van der Waals surface area contributed by atoms with Crippen molar-refractivity contribution in [2.24, 2.45) is 0 Å². The summed E-state index contributed by atoms with van der Waals surface area (Å²) in [6.07, 6.45) is 0. The Balaban J connectivity index is 1.99. The van der Waals surface area contributed by atoms with E-state index < -0.39 is 0 Å². The summed E-state index contributed by atoms with van der Waals surface area (Å²) >= 11 is 1.70. The molecule has 4 heteroatoms. The third-order valence-electron chi connectivity index (χ3n) is 3.01. The van der Waals surface area contributed by atoms with Crippen molar-refractivity contribution in [3.05, 3.63) is 45.9 Å². The first-order valence-corrected chi connectivity index (χ1v) is 6.85. The molecule has 0 saturated carbocycles. The van der Waals surface area contributed by atoms with Crippen LogP contribution in [0.4, 0.5) is 0 Å². The smallest absolute Gasteiger partial charge is 0.119 e. The van der Waals surface area contributed by atoms with E-state index in [2.05, 4.69) is 29.4 Å². The average molecular weight is 262 g/mol. The molecule has 0 amide bonds. The zero-order chi connectivity index (χ0) is 13.0. The minimum atomic E-state index is 0.293. The van der Waals surface area contributed by atoms with Gasteiger partial charge in [-0.25, -0.2) is 4.98 Å². The number of ether oxygens (including phenoxy) is 1. The van der Waals surface area contributed by atoms with Gasteiger partial charge < -0.3 is 10.1 Å². The molecular formula is C14H18N2OS. The van der Waals surface area contributed by atoms with Crippen LogP contribution in [-0.2, 0) is 6.54 Å². The second-order valence-electron chi connectivity index (χ2n) is 4.24. The maximum atomic E-state index is 5.24. The summed E-state index contributed by atoms with van der Waals surface area (Å²) in [7, 11) is 1.69. The second-order valence-corrected chi connectivity index (χ2v) is 5.18. The lowest BCUT2D eigenvalue weighted by Crippen LogP contribution is -2.17. The standard InChI is InChI=1S/C14H18N2OS/c1-10(12-5-4-6-13(7-12)17-3)15-8-14-11(2)16-9-18-14/h4-7,9-10,15H,8H2,1-3H3. The van der Waals surface area contributed by atoms with E-state index in [-0.39, 0.29) is 0 Å². The van der Waals surface area contributed by atoms with Crippen molar-refractivity contribution in [1.29, 1.82) is 0 Å². The number of rotatable bonds is 5. The Hall–Kier alpha value is -1.39. The van der Waals surface area contributed by atoms with Crippen LogP contribution in [0.25, 0.3) is 0 Å². The molecule has 0 spiro atoms. The highest BCUT2D eigenvalue weighted by atomic mass is 32.1. The van der Waals surface area contributed by atoms with Gasteiger partial charge in [0.25, 0.3) is 0 Å². The summed E-state index contributed by atoms with van der Waals surface area (Å²) in [5.41, 5.74) is 4.24. The van der Waals surface area contributed by atoms with Crippen LogP contribution < -0.4 is 10.1 Å². The molecule has 1 unspecified atom stereocenters. The summed E-state index contributed by atoms with van der Waals surface area (Å²) in [6.45, 7) is 5.06. The Morgan fingerprint density at radius 3 is 2.94 bits per heavy atom. The number of hydrogen-bond donors (Lipinski definition) is 1. The maximum absolute atomic E-state index is 5.24. The Morgan fingerprint density at radius 1 is 1.44 bits per heavy atom. The predicted octanol–water partition coefficient (Wildman–Crippen LogP) is 3.31. The second kappa shape index (κ2) is 5.98. The lowest BCUT2D eigenvalue weighted by molar-refractivity contribution is 0.413. The highest BCUT2D eigenvalue weighted by molar-refractivity contribution is 7.09. The third-order valence-corrected chi connectivity index (χ3v) is 3.94. The highest BCUT2D eigenvalue weighted by Crippen LogP contribution is 2.20. The van der Waals surface area contributed by atoms with Gasteiger partial charge in [0.05, 0.1) is 18.3 Å². The van der Waals surface area contributed by atoms with E-state index in [1.54, 1.807) is 18.4 Å². The molecule has 0 bridgehead atoms. The Bertz CT molecular complexity index is 510. The molecule has 1 atom stereocenters. The van der Waals surface area contributed by atoms with Gasteiger partial charge in [0.1, 0.15) is 5.75 Å². The van der Waals surface area contributed by atoms with Crippen molar-refractivity contribution in [3.63, 3.8) is 0 Å². The molecule has 96 valence electrons. The van der Waals surface area contributed by atoms with Gasteiger partial charge in [0.2, 0.25) is 0 Å². The molecule has 2 aromatic rings. The number of thiazole rings is 1. The predicted molar refractivity (Wildman–Crippen MR) is 75.1 cm³/mol. The van der Waals surface area contributed by atoms with Gasteiger partial charge in [0, 0.05) is 17.5 Å². The lowest BCUT2D eigenvalue weighted by atomic mass is 10.1. The fourth-order valence-corrected chi connectivity index (χ4v) is 2.50. The number of benzene rings is 1. The molecule has 1 aromatic heterocycles. The van der Waals surface area contributed by atoms with E-state index in [9.17, 15) is 0 Å². The van der Waals surface area contributed by atoms with Crippen LogP contribution in [0.1, 0.15) is 29.1 Å². The van der Waals surface area contributed by atoms with Crippen molar-refractivity contribution < 1.29 is 4.74 Å². The molecule has 1 heterocycles. The van der Waals surface area contributed by atoms with E-state index in [0.717, 1.165) is 18.0 Å². The number of nitrogens with one attached hydrogen (secondary N) is 1. The molecule has 0 aliphatic carbocycles. The fourth-order valence-electron chi connectivity index (χ4n) is 1.77. The van der Waals surface area contributed by atoms with Crippen molar-refractivity contribution in [3.8, 4) is 5.75 Å². The van der Waals surface area contributed by atoms with Gasteiger partial charge in [-0.3, -0.25) is 0 Å². The summed E-state index contributed by atoms with van der Waals surface area (Å²) in [4.78, 5) is 5.55. The van der Waals surface area contributed by atoms with Gasteiger partial charge in [-0.15, -0.1) is 11.3 Å². The van der Waals surface area contributed by atoms with Crippen molar-refractivity contribution in [1.82, 2.24) is 10.3 Å². The molecule has 0 aliphatic heterocycles. The molecule has 3 nitrogen and oxygen atoms in total. The van der Waals surface area contributed by atoms with Gasteiger partial charge in [-0.2, -0.15) is 0 Å². The molecule has 2 rings (SSSR count). The molecular weight excluding hydrogens is 244 g/mol. The van der Waals surface area contributed by atoms with E-state index in [1.807, 2.05) is 24.6 Å². The average Bonchev–Trinajstić information content (AvgIpc) is 2.81.